The van der Waals surface area contributed by atoms with E-state index in [1.807, 2.05) is 37.4 Å². The van der Waals surface area contributed by atoms with E-state index in [0.29, 0.717) is 13.1 Å². The summed E-state index contributed by atoms with van der Waals surface area (Å²) in [6.07, 6.45) is 0. The number of nitrogens with one attached hydrogen (secondary N) is 2. The molecule has 0 atom stereocenters. The lowest BCUT2D eigenvalue weighted by Crippen LogP contribution is -2.34. The van der Waals surface area contributed by atoms with Crippen LogP contribution in [0, 0.1) is 5.92 Å². The van der Waals surface area contributed by atoms with Crippen molar-refractivity contribution in [2.45, 2.75) is 20.4 Å². The maximum absolute atomic E-state index is 11.4. The van der Waals surface area contributed by atoms with Gasteiger partial charge in [0.15, 0.2) is 11.5 Å². The number of carbonyl (C=O) groups excluding carboxylic acids is 1. The van der Waals surface area contributed by atoms with Crippen LogP contribution in [0.4, 0.5) is 0 Å². The van der Waals surface area contributed by atoms with Gasteiger partial charge >= 0.3 is 0 Å². The molecule has 1 aliphatic heterocycles. The molecule has 2 N–H and O–H groups in total. The molecule has 2 aromatic rings. The molecule has 128 valence electrons. The Bertz CT molecular complexity index is 715. The monoisotopic (exact) mass is 347 g/mol. The van der Waals surface area contributed by atoms with Crippen molar-refractivity contribution < 1.29 is 14.3 Å². The van der Waals surface area contributed by atoms with Gasteiger partial charge in [-0.15, -0.1) is 11.3 Å². The van der Waals surface area contributed by atoms with Crippen molar-refractivity contribution in [2.24, 2.45) is 5.92 Å². The van der Waals surface area contributed by atoms with Crippen LogP contribution < -0.4 is 20.1 Å². The van der Waals surface area contributed by atoms with Crippen molar-refractivity contribution in [1.29, 1.82) is 0 Å². The number of carbonyl (C=O) groups is 1. The van der Waals surface area contributed by atoms with E-state index in [4.69, 9.17) is 9.47 Å². The van der Waals surface area contributed by atoms with Crippen molar-refractivity contribution in [3.05, 3.63) is 29.3 Å². The summed E-state index contributed by atoms with van der Waals surface area (Å²) in [5, 5.41) is 9.16. The normalized spacial score (nSPS) is 12.6. The van der Waals surface area contributed by atoms with Crippen molar-refractivity contribution in [3.63, 3.8) is 0 Å². The van der Waals surface area contributed by atoms with E-state index >= 15 is 0 Å². The molecular weight excluding hydrogens is 326 g/mol. The molecule has 0 unspecified atom stereocenters. The van der Waals surface area contributed by atoms with Gasteiger partial charge in [-0.3, -0.25) is 4.79 Å². The average molecular weight is 347 g/mol. The number of benzene rings is 1. The van der Waals surface area contributed by atoms with Gasteiger partial charge in [-0.05, 0) is 18.2 Å². The van der Waals surface area contributed by atoms with Gasteiger partial charge in [0.25, 0.3) is 0 Å². The van der Waals surface area contributed by atoms with E-state index in [9.17, 15) is 4.79 Å². The number of nitrogens with zero attached hydrogens (tertiary/aromatic N) is 1. The van der Waals surface area contributed by atoms with E-state index in [0.717, 1.165) is 34.3 Å². The topological polar surface area (TPSA) is 72.5 Å². The first-order valence-corrected chi connectivity index (χ1v) is 8.84. The third kappa shape index (κ3) is 4.04. The van der Waals surface area contributed by atoms with Crippen LogP contribution in [0.5, 0.6) is 11.5 Å². The summed E-state index contributed by atoms with van der Waals surface area (Å²) in [7, 11) is 0. The van der Waals surface area contributed by atoms with Crippen LogP contribution >= 0.6 is 11.3 Å². The minimum Gasteiger partial charge on any atom is -0.454 e. The van der Waals surface area contributed by atoms with Crippen LogP contribution in [-0.2, 0) is 11.3 Å². The Kier molecular flexibility index (Phi) is 5.32. The quantitative estimate of drug-likeness (QED) is 0.753. The van der Waals surface area contributed by atoms with Crippen molar-refractivity contribution >= 4 is 17.2 Å². The van der Waals surface area contributed by atoms with Gasteiger partial charge in [0.2, 0.25) is 12.7 Å². The van der Waals surface area contributed by atoms with Gasteiger partial charge in [-0.1, -0.05) is 13.8 Å². The van der Waals surface area contributed by atoms with Gasteiger partial charge in [-0.2, -0.15) is 0 Å². The standard InChI is InChI=1S/C17H21N3O3S/c1-11(2)16(21)19-6-5-18-8-13-9-24-17(20-13)12-3-4-14-15(7-12)23-10-22-14/h3-4,7,9,11,18H,5-6,8,10H2,1-2H3,(H,19,21). The lowest BCUT2D eigenvalue weighted by atomic mass is 10.2. The van der Waals surface area contributed by atoms with Gasteiger partial charge in [0.1, 0.15) is 5.01 Å². The molecule has 1 amide bonds. The number of rotatable bonds is 7. The lowest BCUT2D eigenvalue weighted by Gasteiger charge is -2.07. The van der Waals surface area contributed by atoms with E-state index in [1.54, 1.807) is 11.3 Å². The van der Waals surface area contributed by atoms with E-state index in [1.165, 1.54) is 0 Å². The fraction of sp³-hybridized carbons (Fsp3) is 0.412. The molecule has 0 aliphatic carbocycles. The molecule has 1 aromatic carbocycles. The molecule has 1 aliphatic rings. The predicted molar refractivity (Wildman–Crippen MR) is 93.2 cm³/mol. The summed E-state index contributed by atoms with van der Waals surface area (Å²) in [4.78, 5) is 16.1. The van der Waals surface area contributed by atoms with Crippen LogP contribution in [0.3, 0.4) is 0 Å². The highest BCUT2D eigenvalue weighted by atomic mass is 32.1. The molecule has 6 nitrogen and oxygen atoms in total. The molecule has 0 saturated heterocycles. The minimum absolute atomic E-state index is 0.0211. The summed E-state index contributed by atoms with van der Waals surface area (Å²) < 4.78 is 10.7. The Morgan fingerprint density at radius 2 is 2.12 bits per heavy atom. The number of thiazole rings is 1. The molecule has 0 radical (unpaired) electrons. The number of ether oxygens (including phenoxy) is 2. The first-order chi connectivity index (χ1) is 11.6. The number of hydrogen-bond donors (Lipinski definition) is 2. The molecule has 0 bridgehead atoms. The smallest absolute Gasteiger partial charge is 0.231 e. The van der Waals surface area contributed by atoms with Crippen LogP contribution in [0.25, 0.3) is 10.6 Å². The van der Waals surface area contributed by atoms with Gasteiger partial charge in [-0.25, -0.2) is 4.98 Å². The summed E-state index contributed by atoms with van der Waals surface area (Å²) in [6.45, 7) is 6.06. The highest BCUT2D eigenvalue weighted by molar-refractivity contribution is 7.13. The summed E-state index contributed by atoms with van der Waals surface area (Å²) in [5.41, 5.74) is 2.02. The minimum atomic E-state index is 0.0211. The molecule has 0 fully saturated rings. The van der Waals surface area contributed by atoms with E-state index < -0.39 is 0 Å². The molecular formula is C17H21N3O3S. The van der Waals surface area contributed by atoms with E-state index in [2.05, 4.69) is 15.6 Å². The van der Waals surface area contributed by atoms with Crippen LogP contribution in [0.2, 0.25) is 0 Å². The SMILES string of the molecule is CC(C)C(=O)NCCNCc1csc(-c2ccc3c(c2)OCO3)n1. The Labute approximate surface area is 145 Å². The third-order valence-corrected chi connectivity index (χ3v) is 4.54. The predicted octanol–water partition coefficient (Wildman–Crippen LogP) is 2.40. The molecule has 2 heterocycles. The lowest BCUT2D eigenvalue weighted by molar-refractivity contribution is -0.123. The molecule has 0 saturated carbocycles. The molecule has 1 aromatic heterocycles. The maximum atomic E-state index is 11.4. The van der Waals surface area contributed by atoms with Crippen LogP contribution in [0.1, 0.15) is 19.5 Å². The molecule has 24 heavy (non-hydrogen) atoms. The second kappa shape index (κ2) is 7.63. The Morgan fingerprint density at radius 1 is 1.29 bits per heavy atom. The zero-order valence-electron chi connectivity index (χ0n) is 13.8. The number of amides is 1. The van der Waals surface area contributed by atoms with Gasteiger partial charge in [0.05, 0.1) is 5.69 Å². The Morgan fingerprint density at radius 3 is 2.96 bits per heavy atom. The Hall–Kier alpha value is -2.12. The first kappa shape index (κ1) is 16.7. The summed E-state index contributed by atoms with van der Waals surface area (Å²) >= 11 is 1.60. The summed E-state index contributed by atoms with van der Waals surface area (Å²) in [5.74, 6) is 1.65. The highest BCUT2D eigenvalue weighted by Gasteiger charge is 2.15. The average Bonchev–Trinajstić information content (AvgIpc) is 3.22. The second-order valence-electron chi connectivity index (χ2n) is 5.83. The number of hydrogen-bond acceptors (Lipinski definition) is 6. The highest BCUT2D eigenvalue weighted by Crippen LogP contribution is 2.36. The molecule has 7 heteroatoms. The van der Waals surface area contributed by atoms with Gasteiger partial charge < -0.3 is 20.1 Å². The Balaban J connectivity index is 1.48. The summed E-state index contributed by atoms with van der Waals surface area (Å²) in [6, 6.07) is 5.86. The fourth-order valence-corrected chi connectivity index (χ4v) is 3.06. The maximum Gasteiger partial charge on any atom is 0.231 e. The number of fused-ring (bicyclic) bond motifs is 1. The zero-order chi connectivity index (χ0) is 16.9. The second-order valence-corrected chi connectivity index (χ2v) is 6.69. The molecule has 3 rings (SSSR count). The zero-order valence-corrected chi connectivity index (χ0v) is 14.6. The first-order valence-electron chi connectivity index (χ1n) is 7.96. The van der Waals surface area contributed by atoms with Crippen molar-refractivity contribution in [3.8, 4) is 22.1 Å². The van der Waals surface area contributed by atoms with E-state index in [-0.39, 0.29) is 18.6 Å². The largest absolute Gasteiger partial charge is 0.454 e. The van der Waals surface area contributed by atoms with Crippen molar-refractivity contribution in [2.75, 3.05) is 19.9 Å². The fourth-order valence-electron chi connectivity index (χ4n) is 2.24. The molecule has 0 spiro atoms. The number of aromatic nitrogens is 1. The van der Waals surface area contributed by atoms with Gasteiger partial charge in [0, 0.05) is 36.5 Å². The van der Waals surface area contributed by atoms with Crippen molar-refractivity contribution in [1.82, 2.24) is 15.6 Å². The van der Waals surface area contributed by atoms with Crippen LogP contribution in [0.15, 0.2) is 23.6 Å². The van der Waals surface area contributed by atoms with Crippen LogP contribution in [-0.4, -0.2) is 30.8 Å². The third-order valence-electron chi connectivity index (χ3n) is 3.60.